The average Bonchev–Trinajstić information content (AvgIpc) is 2.88. The first-order chi connectivity index (χ1) is 9.84. The fraction of sp³-hybridized carbons (Fsp3) is 0. The van der Waals surface area contributed by atoms with Crippen LogP contribution < -0.4 is 4.80 Å². The second-order valence-corrected chi connectivity index (χ2v) is 4.99. The third-order valence-corrected chi connectivity index (χ3v) is 3.52. The van der Waals surface area contributed by atoms with E-state index in [4.69, 9.17) is 5.41 Å². The number of hydrogen-bond donors (Lipinski definition) is 1. The molecule has 0 aliphatic heterocycles. The molecule has 0 saturated carbocycles. The molecule has 4 nitrogen and oxygen atoms in total. The molecule has 0 aliphatic carbocycles. The Kier molecular flexibility index (Phi) is 3.52. The molecule has 0 unspecified atom stereocenters. The van der Waals surface area contributed by atoms with Crippen molar-refractivity contribution < 1.29 is 0 Å². The van der Waals surface area contributed by atoms with Crippen molar-refractivity contribution in [3.63, 3.8) is 0 Å². The van der Waals surface area contributed by atoms with Crippen LogP contribution in [0.5, 0.6) is 0 Å². The minimum Gasteiger partial charge on any atom is -0.273 e. The number of aromatic nitrogens is 2. The topological polar surface area (TPSA) is 54.0 Å². The van der Waals surface area contributed by atoms with Gasteiger partial charge in [0.05, 0.1) is 11.9 Å². The molecular weight excluding hydrogens is 268 g/mol. The van der Waals surface area contributed by atoms with Crippen LogP contribution in [0.15, 0.2) is 65.3 Å². The van der Waals surface area contributed by atoms with Gasteiger partial charge in [-0.15, -0.1) is 11.3 Å². The molecule has 2 heterocycles. The van der Waals surface area contributed by atoms with Gasteiger partial charge in [-0.05, 0) is 6.07 Å². The van der Waals surface area contributed by atoms with Gasteiger partial charge in [-0.2, -0.15) is 5.10 Å². The van der Waals surface area contributed by atoms with E-state index < -0.39 is 0 Å². The molecule has 0 bridgehead atoms. The Morgan fingerprint density at radius 1 is 1.15 bits per heavy atom. The molecule has 3 aromatic rings. The van der Waals surface area contributed by atoms with Gasteiger partial charge in [0.25, 0.3) is 0 Å². The van der Waals surface area contributed by atoms with E-state index in [1.807, 2.05) is 47.8 Å². The van der Waals surface area contributed by atoms with Crippen molar-refractivity contribution in [3.8, 4) is 11.3 Å². The van der Waals surface area contributed by atoms with Crippen molar-refractivity contribution in [2.45, 2.75) is 0 Å². The molecule has 0 aliphatic rings. The highest BCUT2D eigenvalue weighted by Gasteiger charge is 2.05. The molecule has 0 spiro atoms. The molecule has 0 radical (unpaired) electrons. The van der Waals surface area contributed by atoms with Crippen LogP contribution in [0.25, 0.3) is 11.3 Å². The van der Waals surface area contributed by atoms with Gasteiger partial charge in [0.2, 0.25) is 4.80 Å². The Hall–Kier alpha value is -2.53. The summed E-state index contributed by atoms with van der Waals surface area (Å²) in [7, 11) is 0. The lowest BCUT2D eigenvalue weighted by atomic mass is 10.2. The summed E-state index contributed by atoms with van der Waals surface area (Å²) in [4.78, 5) is 4.44. The van der Waals surface area contributed by atoms with Crippen molar-refractivity contribution in [2.24, 2.45) is 5.10 Å². The molecular formula is C15H12N4S. The highest BCUT2D eigenvalue weighted by Crippen LogP contribution is 2.19. The van der Waals surface area contributed by atoms with Crippen LogP contribution in [0.4, 0.5) is 0 Å². The molecule has 0 atom stereocenters. The predicted molar refractivity (Wildman–Crippen MR) is 80.8 cm³/mol. The number of pyridine rings is 1. The van der Waals surface area contributed by atoms with E-state index in [1.165, 1.54) is 11.3 Å². The van der Waals surface area contributed by atoms with E-state index in [1.54, 1.807) is 23.3 Å². The first kappa shape index (κ1) is 12.5. The van der Waals surface area contributed by atoms with E-state index in [0.717, 1.165) is 16.8 Å². The lowest BCUT2D eigenvalue weighted by Crippen LogP contribution is -2.09. The largest absolute Gasteiger partial charge is 0.273 e. The van der Waals surface area contributed by atoms with Gasteiger partial charge < -0.3 is 0 Å². The van der Waals surface area contributed by atoms with E-state index >= 15 is 0 Å². The number of benzene rings is 1. The first-order valence-electron chi connectivity index (χ1n) is 6.09. The number of hydrogen-bond acceptors (Lipinski definition) is 4. The van der Waals surface area contributed by atoms with E-state index in [9.17, 15) is 0 Å². The highest BCUT2D eigenvalue weighted by atomic mass is 32.1. The normalized spacial score (nSPS) is 11.0. The Morgan fingerprint density at radius 3 is 2.75 bits per heavy atom. The number of rotatable bonds is 3. The van der Waals surface area contributed by atoms with Crippen LogP contribution in [-0.4, -0.2) is 15.9 Å². The lowest BCUT2D eigenvalue weighted by molar-refractivity contribution is 0.839. The number of nitrogens with one attached hydrogen (secondary N) is 1. The smallest absolute Gasteiger partial charge is 0.203 e. The summed E-state index contributed by atoms with van der Waals surface area (Å²) in [6.07, 6.45) is 5.17. The molecule has 20 heavy (non-hydrogen) atoms. The van der Waals surface area contributed by atoms with E-state index in [0.29, 0.717) is 4.80 Å². The molecule has 2 aromatic heterocycles. The molecule has 1 N–H and O–H groups in total. The standard InChI is InChI=1S/C15H12N4S/c16-15-19(18-10-12-5-4-8-17-9-12)14(11-20-15)13-6-2-1-3-7-13/h1-11,16H/b16-15?,18-10+. The zero-order valence-corrected chi connectivity index (χ0v) is 11.4. The third-order valence-electron chi connectivity index (χ3n) is 2.78. The SMILES string of the molecule is N=c1scc(-c2ccccc2)n1/N=C/c1cccnc1. The van der Waals surface area contributed by atoms with Gasteiger partial charge in [-0.25, -0.2) is 4.68 Å². The summed E-state index contributed by atoms with van der Waals surface area (Å²) in [6, 6.07) is 13.7. The van der Waals surface area contributed by atoms with Crippen LogP contribution in [0.1, 0.15) is 5.56 Å². The molecule has 0 fully saturated rings. The summed E-state index contributed by atoms with van der Waals surface area (Å²) in [5.74, 6) is 0. The predicted octanol–water partition coefficient (Wildman–Crippen LogP) is 2.97. The summed E-state index contributed by atoms with van der Waals surface area (Å²) in [5.41, 5.74) is 2.87. The Labute approximate surface area is 120 Å². The van der Waals surface area contributed by atoms with Gasteiger partial charge >= 0.3 is 0 Å². The van der Waals surface area contributed by atoms with Crippen LogP contribution in [0.2, 0.25) is 0 Å². The zero-order chi connectivity index (χ0) is 13.8. The van der Waals surface area contributed by atoms with Gasteiger partial charge in [0.1, 0.15) is 0 Å². The summed E-state index contributed by atoms with van der Waals surface area (Å²) in [6.45, 7) is 0. The maximum Gasteiger partial charge on any atom is 0.203 e. The van der Waals surface area contributed by atoms with Gasteiger partial charge in [0, 0.05) is 28.9 Å². The van der Waals surface area contributed by atoms with Crippen molar-refractivity contribution in [1.29, 1.82) is 5.41 Å². The van der Waals surface area contributed by atoms with E-state index in [-0.39, 0.29) is 0 Å². The molecule has 0 amide bonds. The molecule has 0 saturated heterocycles. The monoisotopic (exact) mass is 280 g/mol. The summed E-state index contributed by atoms with van der Waals surface area (Å²) in [5, 5.41) is 14.3. The summed E-state index contributed by atoms with van der Waals surface area (Å²) >= 11 is 1.36. The second-order valence-electron chi connectivity index (χ2n) is 4.13. The Bertz CT molecular complexity index is 772. The Balaban J connectivity index is 2.01. The van der Waals surface area contributed by atoms with Crippen LogP contribution in [0.3, 0.4) is 0 Å². The van der Waals surface area contributed by atoms with Gasteiger partial charge in [-0.1, -0.05) is 36.4 Å². The minimum absolute atomic E-state index is 0.393. The highest BCUT2D eigenvalue weighted by molar-refractivity contribution is 7.07. The average molecular weight is 280 g/mol. The van der Waals surface area contributed by atoms with Crippen molar-refractivity contribution >= 4 is 17.6 Å². The first-order valence-corrected chi connectivity index (χ1v) is 6.97. The number of nitrogens with zero attached hydrogens (tertiary/aromatic N) is 3. The van der Waals surface area contributed by atoms with Crippen LogP contribution in [-0.2, 0) is 0 Å². The lowest BCUT2D eigenvalue weighted by Gasteiger charge is -2.02. The fourth-order valence-electron chi connectivity index (χ4n) is 1.81. The maximum atomic E-state index is 7.96. The van der Waals surface area contributed by atoms with Crippen LogP contribution >= 0.6 is 11.3 Å². The molecule has 3 rings (SSSR count). The van der Waals surface area contributed by atoms with Crippen molar-refractivity contribution in [2.75, 3.05) is 0 Å². The molecule has 98 valence electrons. The van der Waals surface area contributed by atoms with Gasteiger partial charge in [-0.3, -0.25) is 10.4 Å². The Morgan fingerprint density at radius 2 is 2.00 bits per heavy atom. The minimum atomic E-state index is 0.393. The second kappa shape index (κ2) is 5.63. The molecule has 1 aromatic carbocycles. The zero-order valence-electron chi connectivity index (χ0n) is 10.6. The molecule has 5 heteroatoms. The third kappa shape index (κ3) is 2.57. The summed E-state index contributed by atoms with van der Waals surface area (Å²) < 4.78 is 1.63. The maximum absolute atomic E-state index is 7.96. The fourth-order valence-corrected chi connectivity index (χ4v) is 2.52. The van der Waals surface area contributed by atoms with Crippen LogP contribution in [0, 0.1) is 5.41 Å². The van der Waals surface area contributed by atoms with Crippen molar-refractivity contribution in [3.05, 3.63) is 70.6 Å². The number of thiazole rings is 1. The van der Waals surface area contributed by atoms with E-state index in [2.05, 4.69) is 10.1 Å². The van der Waals surface area contributed by atoms with Gasteiger partial charge in [0.15, 0.2) is 0 Å². The van der Waals surface area contributed by atoms with Crippen molar-refractivity contribution in [1.82, 2.24) is 9.66 Å². The quantitative estimate of drug-likeness (QED) is 0.737.